The van der Waals surface area contributed by atoms with Gasteiger partial charge in [0.15, 0.2) is 0 Å². The number of rotatable bonds is 3. The molecule has 0 amide bonds. The smallest absolute Gasteiger partial charge is 0.0781 e. The maximum absolute atomic E-state index is 5.57. The van der Waals surface area contributed by atoms with Crippen LogP contribution in [0.2, 0.25) is 0 Å². The van der Waals surface area contributed by atoms with Gasteiger partial charge in [0.05, 0.1) is 4.99 Å². The summed E-state index contributed by atoms with van der Waals surface area (Å²) in [5, 5.41) is 0. The van der Waals surface area contributed by atoms with Crippen LogP contribution in [-0.2, 0) is 0 Å². The Bertz CT molecular complexity index is 227. The van der Waals surface area contributed by atoms with Gasteiger partial charge in [-0.15, -0.1) is 0 Å². The lowest BCUT2D eigenvalue weighted by molar-refractivity contribution is 0.253. The SMILES string of the molecule is CCCCC(=S)N1CCC2CCCCC21. The van der Waals surface area contributed by atoms with Gasteiger partial charge in [0.1, 0.15) is 0 Å². The van der Waals surface area contributed by atoms with E-state index in [-0.39, 0.29) is 0 Å². The molecule has 2 atom stereocenters. The number of fused-ring (bicyclic) bond motifs is 1. The second-order valence-electron chi connectivity index (χ2n) is 5.09. The summed E-state index contributed by atoms with van der Waals surface area (Å²) in [5.41, 5.74) is 0. The molecule has 2 unspecified atom stereocenters. The van der Waals surface area contributed by atoms with E-state index >= 15 is 0 Å². The van der Waals surface area contributed by atoms with E-state index in [1.165, 1.54) is 56.5 Å². The van der Waals surface area contributed by atoms with Crippen LogP contribution in [0, 0.1) is 5.92 Å². The number of hydrogen-bond acceptors (Lipinski definition) is 1. The molecule has 1 heterocycles. The van der Waals surface area contributed by atoms with Gasteiger partial charge < -0.3 is 4.90 Å². The largest absolute Gasteiger partial charge is 0.363 e. The van der Waals surface area contributed by atoms with Crippen LogP contribution in [0.4, 0.5) is 0 Å². The molecule has 1 saturated heterocycles. The maximum atomic E-state index is 5.57. The Morgan fingerprint density at radius 2 is 2.07 bits per heavy atom. The van der Waals surface area contributed by atoms with Crippen molar-refractivity contribution in [1.82, 2.24) is 4.90 Å². The molecule has 2 aliphatic rings. The Hall–Kier alpha value is -0.110. The Kier molecular flexibility index (Phi) is 4.01. The topological polar surface area (TPSA) is 3.24 Å². The predicted molar refractivity (Wildman–Crippen MR) is 69.2 cm³/mol. The lowest BCUT2D eigenvalue weighted by Gasteiger charge is -2.33. The number of hydrogen-bond donors (Lipinski definition) is 0. The second kappa shape index (κ2) is 5.29. The first kappa shape index (κ1) is 11.4. The summed E-state index contributed by atoms with van der Waals surface area (Å²) in [6, 6.07) is 0.822. The zero-order valence-corrected chi connectivity index (χ0v) is 10.7. The number of nitrogens with zero attached hydrogens (tertiary/aromatic N) is 1. The Morgan fingerprint density at radius 1 is 1.27 bits per heavy atom. The average Bonchev–Trinajstić information content (AvgIpc) is 2.69. The lowest BCUT2D eigenvalue weighted by atomic mass is 9.85. The van der Waals surface area contributed by atoms with Crippen LogP contribution < -0.4 is 0 Å². The lowest BCUT2D eigenvalue weighted by Crippen LogP contribution is -2.38. The third-order valence-corrected chi connectivity index (χ3v) is 4.51. The fourth-order valence-corrected chi connectivity index (χ4v) is 3.56. The van der Waals surface area contributed by atoms with Crippen molar-refractivity contribution in [2.24, 2.45) is 5.92 Å². The Balaban J connectivity index is 1.89. The zero-order chi connectivity index (χ0) is 10.7. The fraction of sp³-hybridized carbons (Fsp3) is 0.923. The van der Waals surface area contributed by atoms with Gasteiger partial charge in [0.25, 0.3) is 0 Å². The maximum Gasteiger partial charge on any atom is 0.0781 e. The van der Waals surface area contributed by atoms with E-state index in [1.807, 2.05) is 0 Å². The van der Waals surface area contributed by atoms with E-state index in [4.69, 9.17) is 12.2 Å². The molecule has 15 heavy (non-hydrogen) atoms. The summed E-state index contributed by atoms with van der Waals surface area (Å²) in [7, 11) is 0. The van der Waals surface area contributed by atoms with Crippen LogP contribution in [0.25, 0.3) is 0 Å². The normalized spacial score (nSPS) is 30.3. The summed E-state index contributed by atoms with van der Waals surface area (Å²) >= 11 is 5.57. The Morgan fingerprint density at radius 3 is 2.87 bits per heavy atom. The van der Waals surface area contributed by atoms with Gasteiger partial charge in [-0.25, -0.2) is 0 Å². The minimum absolute atomic E-state index is 0.822. The highest BCUT2D eigenvalue weighted by Crippen LogP contribution is 2.36. The van der Waals surface area contributed by atoms with Crippen molar-refractivity contribution in [3.63, 3.8) is 0 Å². The van der Waals surface area contributed by atoms with Crippen molar-refractivity contribution in [3.05, 3.63) is 0 Å². The molecule has 1 aliphatic heterocycles. The highest BCUT2D eigenvalue weighted by molar-refractivity contribution is 7.80. The number of thiocarbonyl (C=S) groups is 1. The van der Waals surface area contributed by atoms with E-state index in [1.54, 1.807) is 0 Å². The molecule has 2 fully saturated rings. The summed E-state index contributed by atoms with van der Waals surface area (Å²) in [6.07, 6.45) is 10.8. The van der Waals surface area contributed by atoms with E-state index in [0.29, 0.717) is 0 Å². The molecule has 2 heteroatoms. The van der Waals surface area contributed by atoms with Crippen molar-refractivity contribution >= 4 is 17.2 Å². The quantitative estimate of drug-likeness (QED) is 0.673. The van der Waals surface area contributed by atoms with Crippen molar-refractivity contribution in [3.8, 4) is 0 Å². The molecule has 1 aliphatic carbocycles. The fourth-order valence-electron chi connectivity index (χ4n) is 3.19. The second-order valence-corrected chi connectivity index (χ2v) is 5.56. The monoisotopic (exact) mass is 225 g/mol. The molecular weight excluding hydrogens is 202 g/mol. The first-order valence-electron chi connectivity index (χ1n) is 6.62. The molecule has 0 N–H and O–H groups in total. The minimum Gasteiger partial charge on any atom is -0.363 e. The molecule has 86 valence electrons. The summed E-state index contributed by atoms with van der Waals surface area (Å²) < 4.78 is 0. The van der Waals surface area contributed by atoms with Gasteiger partial charge >= 0.3 is 0 Å². The average molecular weight is 225 g/mol. The third kappa shape index (κ3) is 2.52. The van der Waals surface area contributed by atoms with Crippen LogP contribution in [0.15, 0.2) is 0 Å². The molecule has 1 nitrogen and oxygen atoms in total. The third-order valence-electron chi connectivity index (χ3n) is 4.07. The van der Waals surface area contributed by atoms with Gasteiger partial charge in [-0.2, -0.15) is 0 Å². The number of likely N-dealkylation sites (tertiary alicyclic amines) is 1. The molecule has 0 aromatic rings. The van der Waals surface area contributed by atoms with Crippen LogP contribution in [-0.4, -0.2) is 22.5 Å². The molecule has 2 rings (SSSR count). The van der Waals surface area contributed by atoms with Gasteiger partial charge in [-0.3, -0.25) is 0 Å². The first-order chi connectivity index (χ1) is 7.33. The molecule has 0 aromatic carbocycles. The predicted octanol–water partition coefficient (Wildman–Crippen LogP) is 3.77. The Labute approximate surface area is 99.2 Å². The standard InChI is InChI=1S/C13H23NS/c1-2-3-8-13(15)14-10-9-11-6-4-5-7-12(11)14/h11-12H,2-10H2,1H3. The van der Waals surface area contributed by atoms with Crippen LogP contribution in [0.3, 0.4) is 0 Å². The molecular formula is C13H23NS. The number of unbranched alkanes of at least 4 members (excludes halogenated alkanes) is 1. The summed E-state index contributed by atoms with van der Waals surface area (Å²) in [5.74, 6) is 0.971. The van der Waals surface area contributed by atoms with Gasteiger partial charge in [-0.1, -0.05) is 38.4 Å². The molecule has 1 saturated carbocycles. The summed E-state index contributed by atoms with van der Waals surface area (Å²) in [6.45, 7) is 3.49. The molecule has 0 bridgehead atoms. The summed E-state index contributed by atoms with van der Waals surface area (Å²) in [4.78, 5) is 3.82. The van der Waals surface area contributed by atoms with Crippen molar-refractivity contribution < 1.29 is 0 Å². The van der Waals surface area contributed by atoms with Crippen LogP contribution >= 0.6 is 12.2 Å². The van der Waals surface area contributed by atoms with Crippen molar-refractivity contribution in [2.45, 2.75) is 64.3 Å². The van der Waals surface area contributed by atoms with Crippen LogP contribution in [0.1, 0.15) is 58.3 Å². The van der Waals surface area contributed by atoms with Crippen LogP contribution in [0.5, 0.6) is 0 Å². The van der Waals surface area contributed by atoms with Gasteiger partial charge in [0.2, 0.25) is 0 Å². The van der Waals surface area contributed by atoms with Gasteiger partial charge in [-0.05, 0) is 38.0 Å². The van der Waals surface area contributed by atoms with E-state index in [0.717, 1.165) is 18.4 Å². The van der Waals surface area contributed by atoms with Crippen molar-refractivity contribution in [2.75, 3.05) is 6.54 Å². The highest BCUT2D eigenvalue weighted by atomic mass is 32.1. The molecule has 0 radical (unpaired) electrons. The van der Waals surface area contributed by atoms with Crippen molar-refractivity contribution in [1.29, 1.82) is 0 Å². The van der Waals surface area contributed by atoms with E-state index < -0.39 is 0 Å². The minimum atomic E-state index is 0.822. The highest BCUT2D eigenvalue weighted by Gasteiger charge is 2.36. The van der Waals surface area contributed by atoms with E-state index in [9.17, 15) is 0 Å². The molecule has 0 aromatic heterocycles. The first-order valence-corrected chi connectivity index (χ1v) is 7.03. The van der Waals surface area contributed by atoms with E-state index in [2.05, 4.69) is 11.8 Å². The van der Waals surface area contributed by atoms with Gasteiger partial charge in [0, 0.05) is 12.6 Å². The molecule has 0 spiro atoms. The zero-order valence-electron chi connectivity index (χ0n) is 9.87.